The highest BCUT2D eigenvalue weighted by atomic mass is 35.5. The molecule has 102 valence electrons. The third-order valence-electron chi connectivity index (χ3n) is 3.26. The molecule has 0 N–H and O–H groups in total. The zero-order valence-corrected chi connectivity index (χ0v) is 12.1. The van der Waals surface area contributed by atoms with E-state index in [1.165, 1.54) is 20.3 Å². The highest BCUT2D eigenvalue weighted by molar-refractivity contribution is 6.21. The van der Waals surface area contributed by atoms with E-state index in [9.17, 15) is 4.39 Å². The van der Waals surface area contributed by atoms with Gasteiger partial charge in [0.1, 0.15) is 5.82 Å². The molecule has 0 saturated carbocycles. The number of rotatable bonds is 6. The van der Waals surface area contributed by atoms with Crippen LogP contribution >= 0.6 is 11.6 Å². The first-order valence-corrected chi connectivity index (χ1v) is 6.58. The van der Waals surface area contributed by atoms with Crippen molar-refractivity contribution in [1.29, 1.82) is 0 Å². The van der Waals surface area contributed by atoms with Gasteiger partial charge in [0.2, 0.25) is 0 Å². The fraction of sp³-hybridized carbons (Fsp3) is 0.571. The van der Waals surface area contributed by atoms with Gasteiger partial charge in [-0.15, -0.1) is 11.6 Å². The molecule has 0 fully saturated rings. The summed E-state index contributed by atoms with van der Waals surface area (Å²) in [7, 11) is 3.01. The topological polar surface area (TPSA) is 18.5 Å². The van der Waals surface area contributed by atoms with Crippen LogP contribution < -0.4 is 9.47 Å². The summed E-state index contributed by atoms with van der Waals surface area (Å²) in [4.78, 5) is 0. The Hall–Kier alpha value is -0.960. The normalized spacial score (nSPS) is 12.6. The molecular formula is C14H20ClFO2. The van der Waals surface area contributed by atoms with Crippen LogP contribution in [0.15, 0.2) is 12.1 Å². The smallest absolute Gasteiger partial charge is 0.163 e. The van der Waals surface area contributed by atoms with Gasteiger partial charge in [-0.2, -0.15) is 0 Å². The maximum Gasteiger partial charge on any atom is 0.163 e. The van der Waals surface area contributed by atoms with Crippen molar-refractivity contribution in [2.45, 2.75) is 32.1 Å². The predicted octanol–water partition coefficient (Wildman–Crippen LogP) is 4.56. The maximum atomic E-state index is 14.0. The molecule has 0 saturated heterocycles. The second kappa shape index (κ2) is 6.83. The predicted molar refractivity (Wildman–Crippen MR) is 72.2 cm³/mol. The van der Waals surface area contributed by atoms with Crippen molar-refractivity contribution < 1.29 is 13.9 Å². The van der Waals surface area contributed by atoms with E-state index in [1.54, 1.807) is 6.07 Å². The Morgan fingerprint density at radius 1 is 1.11 bits per heavy atom. The molecule has 2 nitrogen and oxygen atoms in total. The van der Waals surface area contributed by atoms with Crippen molar-refractivity contribution in [3.8, 4) is 11.5 Å². The Morgan fingerprint density at radius 2 is 1.61 bits per heavy atom. The van der Waals surface area contributed by atoms with Gasteiger partial charge in [-0.3, -0.25) is 0 Å². The van der Waals surface area contributed by atoms with Gasteiger partial charge in [-0.05, 0) is 12.0 Å². The minimum atomic E-state index is -0.348. The second-order valence-electron chi connectivity index (χ2n) is 4.21. The zero-order valence-electron chi connectivity index (χ0n) is 11.3. The quantitative estimate of drug-likeness (QED) is 0.708. The average Bonchev–Trinajstić information content (AvgIpc) is 2.39. The molecule has 1 rings (SSSR count). The van der Waals surface area contributed by atoms with Crippen LogP contribution in [-0.4, -0.2) is 14.2 Å². The van der Waals surface area contributed by atoms with Crippen molar-refractivity contribution >= 4 is 11.6 Å². The molecule has 1 unspecified atom stereocenters. The van der Waals surface area contributed by atoms with E-state index >= 15 is 0 Å². The third kappa shape index (κ3) is 3.08. The molecule has 0 bridgehead atoms. The van der Waals surface area contributed by atoms with E-state index in [4.69, 9.17) is 21.1 Å². The van der Waals surface area contributed by atoms with Crippen LogP contribution in [0.4, 0.5) is 4.39 Å². The molecule has 1 atom stereocenters. The van der Waals surface area contributed by atoms with E-state index < -0.39 is 0 Å². The van der Waals surface area contributed by atoms with Gasteiger partial charge >= 0.3 is 0 Å². The van der Waals surface area contributed by atoms with Crippen LogP contribution in [0.5, 0.6) is 11.5 Å². The maximum absolute atomic E-state index is 14.0. The Labute approximate surface area is 113 Å². The molecule has 0 radical (unpaired) electrons. The largest absolute Gasteiger partial charge is 0.493 e. The Bertz CT molecular complexity index is 392. The van der Waals surface area contributed by atoms with Gasteiger partial charge in [0.25, 0.3) is 0 Å². The fourth-order valence-corrected chi connectivity index (χ4v) is 2.56. The first kappa shape index (κ1) is 15.1. The van der Waals surface area contributed by atoms with Crippen LogP contribution in [0.3, 0.4) is 0 Å². The van der Waals surface area contributed by atoms with E-state index in [0.717, 1.165) is 12.8 Å². The summed E-state index contributed by atoms with van der Waals surface area (Å²) < 4.78 is 24.3. The highest BCUT2D eigenvalue weighted by Gasteiger charge is 2.23. The molecule has 0 amide bonds. The van der Waals surface area contributed by atoms with E-state index in [0.29, 0.717) is 17.1 Å². The number of methoxy groups -OCH3 is 2. The lowest BCUT2D eigenvalue weighted by Gasteiger charge is -2.21. The lowest BCUT2D eigenvalue weighted by molar-refractivity contribution is 0.350. The van der Waals surface area contributed by atoms with Gasteiger partial charge in [0.15, 0.2) is 11.5 Å². The number of hydrogen-bond acceptors (Lipinski definition) is 2. The first-order valence-electron chi connectivity index (χ1n) is 6.14. The van der Waals surface area contributed by atoms with Crippen molar-refractivity contribution in [3.05, 3.63) is 23.5 Å². The summed E-state index contributed by atoms with van der Waals surface area (Å²) >= 11 is 6.37. The van der Waals surface area contributed by atoms with Crippen LogP contribution in [0, 0.1) is 11.7 Å². The molecule has 18 heavy (non-hydrogen) atoms. The van der Waals surface area contributed by atoms with Crippen molar-refractivity contribution in [1.82, 2.24) is 0 Å². The number of alkyl halides is 1. The number of benzene rings is 1. The minimum Gasteiger partial charge on any atom is -0.493 e. The van der Waals surface area contributed by atoms with Crippen molar-refractivity contribution in [3.63, 3.8) is 0 Å². The van der Waals surface area contributed by atoms with Crippen LogP contribution in [0.1, 0.15) is 37.6 Å². The molecule has 0 aliphatic rings. The molecule has 0 aliphatic heterocycles. The van der Waals surface area contributed by atoms with Crippen LogP contribution in [0.2, 0.25) is 0 Å². The molecule has 0 spiro atoms. The molecule has 0 aromatic heterocycles. The van der Waals surface area contributed by atoms with Crippen LogP contribution in [0.25, 0.3) is 0 Å². The standard InChI is InChI=1S/C14H20ClFO2/c1-5-9(6-2)14(15)10-7-12(17-3)13(18-4)8-11(10)16/h7-9,14H,5-6H2,1-4H3. The van der Waals surface area contributed by atoms with E-state index in [2.05, 4.69) is 13.8 Å². The van der Waals surface area contributed by atoms with E-state index in [-0.39, 0.29) is 17.1 Å². The summed E-state index contributed by atoms with van der Waals surface area (Å²) in [5.41, 5.74) is 0.475. The summed E-state index contributed by atoms with van der Waals surface area (Å²) in [6, 6.07) is 2.95. The number of ether oxygens (including phenoxy) is 2. The highest BCUT2D eigenvalue weighted by Crippen LogP contribution is 2.39. The molecule has 0 heterocycles. The minimum absolute atomic E-state index is 0.249. The third-order valence-corrected chi connectivity index (χ3v) is 3.85. The van der Waals surface area contributed by atoms with Gasteiger partial charge in [0.05, 0.1) is 19.6 Å². The van der Waals surface area contributed by atoms with Gasteiger partial charge in [0, 0.05) is 11.6 Å². The fourth-order valence-electron chi connectivity index (χ4n) is 2.04. The SMILES string of the molecule is CCC(CC)C(Cl)c1cc(OC)c(OC)cc1F. The number of halogens is 2. The monoisotopic (exact) mass is 274 g/mol. The summed E-state index contributed by atoms with van der Waals surface area (Å²) in [5, 5.41) is -0.347. The van der Waals surface area contributed by atoms with Gasteiger partial charge in [-0.1, -0.05) is 26.7 Å². The Balaban J connectivity index is 3.16. The van der Waals surface area contributed by atoms with Crippen molar-refractivity contribution in [2.75, 3.05) is 14.2 Å². The number of hydrogen-bond donors (Lipinski definition) is 0. The average molecular weight is 275 g/mol. The summed E-state index contributed by atoms with van der Waals surface area (Å²) in [6.07, 6.45) is 1.83. The molecule has 0 aliphatic carbocycles. The Morgan fingerprint density at radius 3 is 2.06 bits per heavy atom. The molecule has 1 aromatic carbocycles. The molecular weight excluding hydrogens is 255 g/mol. The molecule has 1 aromatic rings. The summed E-state index contributed by atoms with van der Waals surface area (Å²) in [5.74, 6) is 0.788. The van der Waals surface area contributed by atoms with Crippen LogP contribution in [-0.2, 0) is 0 Å². The summed E-state index contributed by atoms with van der Waals surface area (Å²) in [6.45, 7) is 4.12. The molecule has 4 heteroatoms. The zero-order chi connectivity index (χ0) is 13.7. The first-order chi connectivity index (χ1) is 8.58. The lowest BCUT2D eigenvalue weighted by atomic mass is 9.93. The van der Waals surface area contributed by atoms with Gasteiger partial charge in [-0.25, -0.2) is 4.39 Å². The second-order valence-corrected chi connectivity index (χ2v) is 4.68. The lowest BCUT2D eigenvalue weighted by Crippen LogP contribution is -2.08. The van der Waals surface area contributed by atoms with E-state index in [1.807, 2.05) is 0 Å². The van der Waals surface area contributed by atoms with Crippen molar-refractivity contribution in [2.24, 2.45) is 5.92 Å². The Kier molecular flexibility index (Phi) is 5.73. The van der Waals surface area contributed by atoms with Gasteiger partial charge < -0.3 is 9.47 Å².